The van der Waals surface area contributed by atoms with Crippen molar-refractivity contribution in [2.75, 3.05) is 32.1 Å². The van der Waals surface area contributed by atoms with Crippen LogP contribution < -0.4 is 25.4 Å². The van der Waals surface area contributed by atoms with Gasteiger partial charge in [-0.3, -0.25) is 4.79 Å². The SMILES string of the molecule is CCOc1cc(C(=O)NC2CCNCC2)ccc1Nc1ncc2scc(-c3ccccc3OC)c2n1. The van der Waals surface area contributed by atoms with E-state index >= 15 is 0 Å². The number of methoxy groups -OCH3 is 1. The summed E-state index contributed by atoms with van der Waals surface area (Å²) in [5.74, 6) is 1.73. The van der Waals surface area contributed by atoms with Crippen LogP contribution in [0.4, 0.5) is 11.6 Å². The number of anilines is 2. The molecule has 1 saturated heterocycles. The summed E-state index contributed by atoms with van der Waals surface area (Å²) in [6, 6.07) is 13.5. The number of aromatic nitrogens is 2. The molecule has 0 spiro atoms. The zero-order chi connectivity index (χ0) is 24.9. The number of fused-ring (bicyclic) bond motifs is 1. The van der Waals surface area contributed by atoms with Gasteiger partial charge in [0, 0.05) is 28.1 Å². The molecule has 3 N–H and O–H groups in total. The number of hydrogen-bond donors (Lipinski definition) is 3. The molecule has 2 aromatic carbocycles. The van der Waals surface area contributed by atoms with E-state index < -0.39 is 0 Å². The van der Waals surface area contributed by atoms with Crippen molar-refractivity contribution in [3.05, 3.63) is 59.6 Å². The van der Waals surface area contributed by atoms with Crippen LogP contribution in [0.15, 0.2) is 54.0 Å². The van der Waals surface area contributed by atoms with Crippen molar-refractivity contribution >= 4 is 39.1 Å². The van der Waals surface area contributed by atoms with Gasteiger partial charge >= 0.3 is 0 Å². The normalized spacial score (nSPS) is 13.9. The van der Waals surface area contributed by atoms with Crippen LogP contribution in [0, 0.1) is 0 Å². The van der Waals surface area contributed by atoms with Gasteiger partial charge < -0.3 is 25.4 Å². The molecule has 2 aromatic heterocycles. The number of carbonyl (C=O) groups excluding carboxylic acids is 1. The molecule has 4 aromatic rings. The Kier molecular flexibility index (Phi) is 7.29. The molecule has 5 rings (SSSR count). The van der Waals surface area contributed by atoms with Crippen LogP contribution in [0.3, 0.4) is 0 Å². The Morgan fingerprint density at radius 3 is 2.78 bits per heavy atom. The first-order valence-corrected chi connectivity index (χ1v) is 13.0. The molecule has 1 aliphatic rings. The number of carbonyl (C=O) groups is 1. The lowest BCUT2D eigenvalue weighted by molar-refractivity contribution is 0.0929. The van der Waals surface area contributed by atoms with Gasteiger partial charge in [0.25, 0.3) is 5.91 Å². The van der Waals surface area contributed by atoms with Crippen LogP contribution in [0.5, 0.6) is 11.5 Å². The fourth-order valence-corrected chi connectivity index (χ4v) is 5.21. The summed E-state index contributed by atoms with van der Waals surface area (Å²) in [5.41, 5.74) is 4.08. The molecule has 8 nitrogen and oxygen atoms in total. The monoisotopic (exact) mass is 503 g/mol. The number of rotatable bonds is 8. The second kappa shape index (κ2) is 10.9. The molecular weight excluding hydrogens is 474 g/mol. The molecular formula is C27H29N5O3S. The molecule has 0 atom stereocenters. The number of benzene rings is 2. The van der Waals surface area contributed by atoms with Gasteiger partial charge in [-0.2, -0.15) is 0 Å². The molecule has 0 bridgehead atoms. The molecule has 1 fully saturated rings. The lowest BCUT2D eigenvalue weighted by Crippen LogP contribution is -2.42. The first kappa shape index (κ1) is 24.0. The van der Waals surface area contributed by atoms with Crippen molar-refractivity contribution in [2.45, 2.75) is 25.8 Å². The van der Waals surface area contributed by atoms with E-state index in [1.807, 2.05) is 43.5 Å². The summed E-state index contributed by atoms with van der Waals surface area (Å²) in [4.78, 5) is 22.2. The van der Waals surface area contributed by atoms with Crippen LogP contribution in [0.2, 0.25) is 0 Å². The quantitative estimate of drug-likeness (QED) is 0.312. The van der Waals surface area contributed by atoms with Crippen molar-refractivity contribution < 1.29 is 14.3 Å². The van der Waals surface area contributed by atoms with E-state index in [1.54, 1.807) is 30.6 Å². The molecule has 0 aliphatic carbocycles. The number of nitrogens with one attached hydrogen (secondary N) is 3. The minimum Gasteiger partial charge on any atom is -0.496 e. The average Bonchev–Trinajstić information content (AvgIpc) is 3.33. The first-order valence-electron chi connectivity index (χ1n) is 12.1. The summed E-state index contributed by atoms with van der Waals surface area (Å²) in [6.45, 7) is 4.23. The maximum atomic E-state index is 12.8. The Morgan fingerprint density at radius 2 is 1.97 bits per heavy atom. The van der Waals surface area contributed by atoms with Crippen LogP contribution in [0.1, 0.15) is 30.1 Å². The number of amides is 1. The molecule has 186 valence electrons. The van der Waals surface area contributed by atoms with Crippen molar-refractivity contribution in [1.82, 2.24) is 20.6 Å². The van der Waals surface area contributed by atoms with Gasteiger partial charge in [0.15, 0.2) is 0 Å². The van der Waals surface area contributed by atoms with Gasteiger partial charge in [0.2, 0.25) is 5.95 Å². The van der Waals surface area contributed by atoms with E-state index in [2.05, 4.69) is 26.3 Å². The van der Waals surface area contributed by atoms with Crippen molar-refractivity contribution in [2.24, 2.45) is 0 Å². The van der Waals surface area contributed by atoms with E-state index in [9.17, 15) is 4.79 Å². The van der Waals surface area contributed by atoms with E-state index in [-0.39, 0.29) is 11.9 Å². The van der Waals surface area contributed by atoms with Crippen LogP contribution in [0.25, 0.3) is 21.3 Å². The van der Waals surface area contributed by atoms with Crippen molar-refractivity contribution in [3.63, 3.8) is 0 Å². The van der Waals surface area contributed by atoms with E-state index in [1.165, 1.54) is 0 Å². The average molecular weight is 504 g/mol. The molecule has 0 radical (unpaired) electrons. The van der Waals surface area contributed by atoms with Crippen molar-refractivity contribution in [1.29, 1.82) is 0 Å². The standard InChI is InChI=1S/C27H29N5O3S/c1-3-35-23-14-17(26(33)30-18-10-12-28-13-11-18)8-9-21(23)31-27-29-15-24-25(32-27)20(16-36-24)19-6-4-5-7-22(19)34-2/h4-9,14-16,18,28H,3,10-13H2,1-2H3,(H,30,33)(H,29,31,32). The Balaban J connectivity index is 1.41. The third kappa shape index (κ3) is 5.12. The largest absolute Gasteiger partial charge is 0.496 e. The second-order valence-corrected chi connectivity index (χ2v) is 9.43. The number of para-hydroxylation sites is 1. The highest BCUT2D eigenvalue weighted by atomic mass is 32.1. The smallest absolute Gasteiger partial charge is 0.251 e. The first-order chi connectivity index (χ1) is 17.7. The zero-order valence-corrected chi connectivity index (χ0v) is 21.2. The third-order valence-corrected chi connectivity index (χ3v) is 7.08. The van der Waals surface area contributed by atoms with Crippen LogP contribution >= 0.6 is 11.3 Å². The highest BCUT2D eigenvalue weighted by molar-refractivity contribution is 7.17. The fourth-order valence-electron chi connectivity index (χ4n) is 4.34. The third-order valence-electron chi connectivity index (χ3n) is 6.18. The number of ether oxygens (including phenoxy) is 2. The van der Waals surface area contributed by atoms with Gasteiger partial charge in [-0.25, -0.2) is 9.97 Å². The maximum Gasteiger partial charge on any atom is 0.251 e. The molecule has 36 heavy (non-hydrogen) atoms. The summed E-state index contributed by atoms with van der Waals surface area (Å²) >= 11 is 1.59. The summed E-state index contributed by atoms with van der Waals surface area (Å²) < 4.78 is 12.4. The Bertz CT molecular complexity index is 1370. The summed E-state index contributed by atoms with van der Waals surface area (Å²) in [5, 5.41) is 11.8. The lowest BCUT2D eigenvalue weighted by atomic mass is 10.1. The Hall–Kier alpha value is -3.69. The molecule has 0 unspecified atom stereocenters. The molecule has 1 aliphatic heterocycles. The molecule has 3 heterocycles. The highest BCUT2D eigenvalue weighted by Crippen LogP contribution is 2.38. The minimum absolute atomic E-state index is 0.0909. The number of piperidine rings is 1. The van der Waals surface area contributed by atoms with Gasteiger partial charge in [0.1, 0.15) is 11.5 Å². The Morgan fingerprint density at radius 1 is 1.14 bits per heavy atom. The number of thiophene rings is 1. The van der Waals surface area contributed by atoms with Gasteiger partial charge in [-0.05, 0) is 57.1 Å². The van der Waals surface area contributed by atoms with Gasteiger partial charge in [0.05, 0.1) is 35.8 Å². The van der Waals surface area contributed by atoms with Crippen LogP contribution in [-0.2, 0) is 0 Å². The van der Waals surface area contributed by atoms with E-state index in [0.717, 1.165) is 53.0 Å². The fraction of sp³-hybridized carbons (Fsp3) is 0.296. The van der Waals surface area contributed by atoms with E-state index in [4.69, 9.17) is 14.5 Å². The zero-order valence-electron chi connectivity index (χ0n) is 20.3. The molecule has 1 amide bonds. The second-order valence-electron chi connectivity index (χ2n) is 8.52. The topological polar surface area (TPSA) is 97.4 Å². The van der Waals surface area contributed by atoms with Gasteiger partial charge in [-0.15, -0.1) is 11.3 Å². The number of hydrogen-bond acceptors (Lipinski definition) is 8. The summed E-state index contributed by atoms with van der Waals surface area (Å²) in [7, 11) is 1.67. The minimum atomic E-state index is -0.0909. The maximum absolute atomic E-state index is 12.8. The van der Waals surface area contributed by atoms with Crippen molar-refractivity contribution in [3.8, 4) is 22.6 Å². The molecule has 0 saturated carbocycles. The number of nitrogens with zero attached hydrogens (tertiary/aromatic N) is 2. The molecule has 9 heteroatoms. The van der Waals surface area contributed by atoms with Gasteiger partial charge in [-0.1, -0.05) is 18.2 Å². The predicted octanol–water partition coefficient (Wildman–Crippen LogP) is 4.99. The lowest BCUT2D eigenvalue weighted by Gasteiger charge is -2.23. The Labute approximate surface area is 214 Å². The van der Waals surface area contributed by atoms with Crippen LogP contribution in [-0.4, -0.2) is 48.7 Å². The van der Waals surface area contributed by atoms with E-state index in [0.29, 0.717) is 29.6 Å². The predicted molar refractivity (Wildman–Crippen MR) is 144 cm³/mol. The summed E-state index contributed by atoms with van der Waals surface area (Å²) in [6.07, 6.45) is 3.68. The highest BCUT2D eigenvalue weighted by Gasteiger charge is 2.18.